The summed E-state index contributed by atoms with van der Waals surface area (Å²) in [6, 6.07) is 11.9. The number of hydrogen-bond donors (Lipinski definition) is 0. The Morgan fingerprint density at radius 2 is 1.88 bits per heavy atom. The fraction of sp³-hybridized carbons (Fsp3) is 0. The molecule has 2 nitrogen and oxygen atoms in total. The van der Waals surface area contributed by atoms with Crippen molar-refractivity contribution in [1.29, 1.82) is 0 Å². The summed E-state index contributed by atoms with van der Waals surface area (Å²) >= 11 is 0. The van der Waals surface area contributed by atoms with E-state index in [4.69, 9.17) is 4.74 Å². The maximum absolute atomic E-state index is 10.6. The molecule has 1 aliphatic rings. The van der Waals surface area contributed by atoms with Crippen molar-refractivity contribution in [2.75, 3.05) is 0 Å². The van der Waals surface area contributed by atoms with Crippen molar-refractivity contribution < 1.29 is 9.53 Å². The summed E-state index contributed by atoms with van der Waals surface area (Å²) in [5.74, 6) is 2.73. The number of rotatable bonds is 0. The van der Waals surface area contributed by atoms with E-state index in [9.17, 15) is 4.79 Å². The largest absolute Gasteiger partial charge is 0.444 e. The molecule has 2 heteroatoms. The number of carbonyl (C=O) groups excluding carboxylic acids is 1. The Hall–Kier alpha value is -2.31. The van der Waals surface area contributed by atoms with Crippen LogP contribution in [0.2, 0.25) is 0 Å². The van der Waals surface area contributed by atoms with Crippen molar-refractivity contribution in [3.8, 4) is 5.75 Å². The third kappa shape index (κ3) is 1.25. The van der Waals surface area contributed by atoms with Gasteiger partial charge >= 0.3 is 0 Å². The summed E-state index contributed by atoms with van der Waals surface area (Å²) in [6.07, 6.45) is 3.50. The number of hydrogen-bond acceptors (Lipinski definition) is 2. The molecule has 0 atom stereocenters. The first-order chi connectivity index (χ1) is 7.88. The second-order valence-electron chi connectivity index (χ2n) is 3.61. The number of benzene rings is 2. The Bertz CT molecular complexity index is 647. The van der Waals surface area contributed by atoms with E-state index in [-0.39, 0.29) is 5.76 Å². The van der Waals surface area contributed by atoms with E-state index in [1.165, 1.54) is 0 Å². The summed E-state index contributed by atoms with van der Waals surface area (Å²) < 4.78 is 5.50. The van der Waals surface area contributed by atoms with Gasteiger partial charge in [-0.3, -0.25) is 0 Å². The summed E-state index contributed by atoms with van der Waals surface area (Å²) in [7, 11) is 0. The molecule has 0 N–H and O–H groups in total. The van der Waals surface area contributed by atoms with Crippen LogP contribution in [-0.4, -0.2) is 5.94 Å². The summed E-state index contributed by atoms with van der Waals surface area (Å²) in [5.41, 5.74) is 0.984. The van der Waals surface area contributed by atoms with E-state index < -0.39 is 0 Å². The third-order valence-electron chi connectivity index (χ3n) is 2.64. The Morgan fingerprint density at radius 1 is 1.00 bits per heavy atom. The highest BCUT2D eigenvalue weighted by Crippen LogP contribution is 2.34. The van der Waals surface area contributed by atoms with Gasteiger partial charge in [0.25, 0.3) is 0 Å². The molecule has 76 valence electrons. The first-order valence-electron chi connectivity index (χ1n) is 5.01. The van der Waals surface area contributed by atoms with Gasteiger partial charge < -0.3 is 4.74 Å². The van der Waals surface area contributed by atoms with Gasteiger partial charge in [-0.1, -0.05) is 36.4 Å². The van der Waals surface area contributed by atoms with Crippen LogP contribution in [0.15, 0.2) is 48.2 Å². The van der Waals surface area contributed by atoms with E-state index in [0.717, 1.165) is 22.1 Å². The topological polar surface area (TPSA) is 26.3 Å². The van der Waals surface area contributed by atoms with Gasteiger partial charge in [0, 0.05) is 10.9 Å². The van der Waals surface area contributed by atoms with Gasteiger partial charge in [0.1, 0.15) is 5.75 Å². The van der Waals surface area contributed by atoms with Crippen molar-refractivity contribution in [2.45, 2.75) is 0 Å². The van der Waals surface area contributed by atoms with Gasteiger partial charge in [0.15, 0.2) is 5.94 Å². The highest BCUT2D eigenvalue weighted by Gasteiger charge is 2.12. The molecular weight excluding hydrogens is 200 g/mol. The molecule has 0 fully saturated rings. The lowest BCUT2D eigenvalue weighted by Crippen LogP contribution is -2.00. The average Bonchev–Trinajstić information content (AvgIpc) is 2.38. The zero-order valence-electron chi connectivity index (χ0n) is 8.44. The van der Waals surface area contributed by atoms with Crippen molar-refractivity contribution in [2.24, 2.45) is 0 Å². The third-order valence-corrected chi connectivity index (χ3v) is 2.64. The molecule has 0 bridgehead atoms. The van der Waals surface area contributed by atoms with Gasteiger partial charge in [-0.2, -0.15) is 0 Å². The average molecular weight is 208 g/mol. The predicted octanol–water partition coefficient (Wildman–Crippen LogP) is 2.96. The maximum atomic E-state index is 10.6. The van der Waals surface area contributed by atoms with E-state index in [1.807, 2.05) is 42.5 Å². The number of ether oxygens (including phenoxy) is 1. The highest BCUT2D eigenvalue weighted by molar-refractivity contribution is 5.93. The minimum atomic E-state index is 0.226. The predicted molar refractivity (Wildman–Crippen MR) is 62.8 cm³/mol. The Kier molecular flexibility index (Phi) is 1.89. The van der Waals surface area contributed by atoms with Crippen molar-refractivity contribution in [3.63, 3.8) is 0 Å². The monoisotopic (exact) mass is 208 g/mol. The maximum Gasteiger partial charge on any atom is 0.210 e. The molecule has 1 aliphatic heterocycles. The van der Waals surface area contributed by atoms with E-state index in [0.29, 0.717) is 0 Å². The van der Waals surface area contributed by atoms with Crippen LogP contribution >= 0.6 is 0 Å². The lowest BCUT2D eigenvalue weighted by Gasteiger charge is -2.14. The molecule has 1 heterocycles. The van der Waals surface area contributed by atoms with Crippen LogP contribution in [0.5, 0.6) is 5.75 Å². The lowest BCUT2D eigenvalue weighted by atomic mass is 10.0. The first-order valence-corrected chi connectivity index (χ1v) is 5.01. The second-order valence-corrected chi connectivity index (χ2v) is 3.61. The van der Waals surface area contributed by atoms with Gasteiger partial charge in [0.2, 0.25) is 5.76 Å². The van der Waals surface area contributed by atoms with Gasteiger partial charge in [-0.15, -0.1) is 0 Å². The van der Waals surface area contributed by atoms with Crippen LogP contribution in [0.1, 0.15) is 5.56 Å². The van der Waals surface area contributed by atoms with Crippen molar-refractivity contribution >= 4 is 22.8 Å². The van der Waals surface area contributed by atoms with Crippen molar-refractivity contribution in [3.05, 3.63) is 53.8 Å². The molecule has 3 rings (SSSR count). The molecule has 0 radical (unpaired) electrons. The zero-order chi connectivity index (χ0) is 11.0. The van der Waals surface area contributed by atoms with Crippen LogP contribution in [0.4, 0.5) is 0 Å². The van der Waals surface area contributed by atoms with E-state index in [2.05, 4.69) is 0 Å². The Morgan fingerprint density at radius 3 is 2.75 bits per heavy atom. The van der Waals surface area contributed by atoms with E-state index >= 15 is 0 Å². The van der Waals surface area contributed by atoms with Crippen molar-refractivity contribution in [1.82, 2.24) is 0 Å². The Balaban J connectivity index is 2.35. The van der Waals surface area contributed by atoms with E-state index in [1.54, 1.807) is 12.0 Å². The molecule has 0 spiro atoms. The normalized spacial score (nSPS) is 13.1. The van der Waals surface area contributed by atoms with Crippen LogP contribution in [0.3, 0.4) is 0 Å². The quantitative estimate of drug-likeness (QED) is 0.622. The number of fused-ring (bicyclic) bond motifs is 3. The minimum absolute atomic E-state index is 0.226. The molecule has 0 amide bonds. The molecule has 2 aromatic carbocycles. The molecular formula is C14H8O2. The first kappa shape index (κ1) is 8.96. The van der Waals surface area contributed by atoms with Crippen LogP contribution in [-0.2, 0) is 4.79 Å². The van der Waals surface area contributed by atoms with Crippen LogP contribution in [0.25, 0.3) is 16.8 Å². The molecule has 0 saturated carbocycles. The fourth-order valence-corrected chi connectivity index (χ4v) is 1.87. The smallest absolute Gasteiger partial charge is 0.210 e. The minimum Gasteiger partial charge on any atom is -0.444 e. The molecule has 2 aromatic rings. The summed E-state index contributed by atoms with van der Waals surface area (Å²) in [6.45, 7) is 0. The van der Waals surface area contributed by atoms with Gasteiger partial charge in [-0.25, -0.2) is 4.79 Å². The summed E-state index contributed by atoms with van der Waals surface area (Å²) in [4.78, 5) is 10.6. The molecule has 0 aromatic heterocycles. The second kappa shape index (κ2) is 3.37. The molecule has 16 heavy (non-hydrogen) atoms. The van der Waals surface area contributed by atoms with Gasteiger partial charge in [0.05, 0.1) is 0 Å². The number of allylic oxidation sites excluding steroid dienone is 1. The molecule has 0 saturated heterocycles. The Labute approximate surface area is 92.5 Å². The fourth-order valence-electron chi connectivity index (χ4n) is 1.87. The molecule has 0 aliphatic carbocycles. The summed E-state index contributed by atoms with van der Waals surface area (Å²) in [5, 5.41) is 2.11. The molecule has 0 unspecified atom stereocenters. The zero-order valence-corrected chi connectivity index (χ0v) is 8.44. The lowest BCUT2D eigenvalue weighted by molar-refractivity contribution is 0.443. The highest BCUT2D eigenvalue weighted by atomic mass is 16.5. The van der Waals surface area contributed by atoms with Crippen LogP contribution in [0, 0.1) is 0 Å². The standard InChI is InChI=1S/C14H8O2/c15-9-12-8-7-11-6-5-10-3-1-2-4-13(10)14(11)16-12/h1-8H. The van der Waals surface area contributed by atoms with Gasteiger partial charge in [-0.05, 0) is 17.5 Å². The SMILES string of the molecule is O=C=C1C=Cc2ccc3ccccc3c2O1. The van der Waals surface area contributed by atoms with Crippen LogP contribution < -0.4 is 4.74 Å².